The van der Waals surface area contributed by atoms with Crippen molar-refractivity contribution in [3.63, 3.8) is 0 Å². The fourth-order valence-electron chi connectivity index (χ4n) is 3.25. The number of carbonyl (C=O) groups excluding carboxylic acids is 1. The van der Waals surface area contributed by atoms with Crippen LogP contribution in [0.5, 0.6) is 17.2 Å². The fourth-order valence-corrected chi connectivity index (χ4v) is 3.25. The Morgan fingerprint density at radius 3 is 2.27 bits per heavy atom. The summed E-state index contributed by atoms with van der Waals surface area (Å²) in [5.74, 6) is 1.49. The van der Waals surface area contributed by atoms with E-state index in [1.165, 1.54) is 9.25 Å². The average Bonchev–Trinajstić information content (AvgIpc) is 3.10. The third-order valence-corrected chi connectivity index (χ3v) is 4.72. The molecule has 3 aromatic rings. The minimum absolute atomic E-state index is 0.207. The molecule has 0 aliphatic rings. The summed E-state index contributed by atoms with van der Waals surface area (Å²) in [6.45, 7) is 7.25. The van der Waals surface area contributed by atoms with Crippen molar-refractivity contribution >= 4 is 5.91 Å². The number of nitrogens with one attached hydrogen (secondary N) is 1. The van der Waals surface area contributed by atoms with E-state index in [4.69, 9.17) is 14.2 Å². The van der Waals surface area contributed by atoms with Gasteiger partial charge in [-0.15, -0.1) is 5.10 Å². The number of amides is 1. The molecule has 0 aliphatic carbocycles. The minimum Gasteiger partial charge on any atom is -0.490 e. The summed E-state index contributed by atoms with van der Waals surface area (Å²) in [6.07, 6.45) is 1.64. The van der Waals surface area contributed by atoms with E-state index in [2.05, 4.69) is 15.4 Å². The second kappa shape index (κ2) is 11.2. The Morgan fingerprint density at radius 1 is 1.03 bits per heavy atom. The Hall–Kier alpha value is -3.82. The van der Waals surface area contributed by atoms with Crippen molar-refractivity contribution in [2.24, 2.45) is 7.05 Å². The van der Waals surface area contributed by atoms with Gasteiger partial charge in [0.25, 0.3) is 5.91 Å². The zero-order valence-corrected chi connectivity index (χ0v) is 19.3. The van der Waals surface area contributed by atoms with E-state index in [0.717, 1.165) is 0 Å². The molecular weight excluding hydrogens is 426 g/mol. The molecule has 0 spiro atoms. The molecule has 10 nitrogen and oxygen atoms in total. The molecule has 0 radical (unpaired) electrons. The first-order valence-corrected chi connectivity index (χ1v) is 10.9. The highest BCUT2D eigenvalue weighted by atomic mass is 16.5. The van der Waals surface area contributed by atoms with Gasteiger partial charge in [0.2, 0.25) is 5.75 Å². The zero-order valence-electron chi connectivity index (χ0n) is 19.3. The number of rotatable bonds is 11. The highest BCUT2D eigenvalue weighted by Crippen LogP contribution is 2.39. The molecule has 0 saturated heterocycles. The highest BCUT2D eigenvalue weighted by Gasteiger charge is 2.19. The van der Waals surface area contributed by atoms with Crippen molar-refractivity contribution < 1.29 is 19.0 Å². The number of hydrogen-bond donors (Lipinski definition) is 1. The van der Waals surface area contributed by atoms with Crippen molar-refractivity contribution in [3.05, 3.63) is 52.6 Å². The molecule has 1 N–H and O–H groups in total. The van der Waals surface area contributed by atoms with Gasteiger partial charge in [-0.2, -0.15) is 0 Å². The van der Waals surface area contributed by atoms with E-state index in [1.54, 1.807) is 37.5 Å². The molecule has 2 aromatic heterocycles. The maximum Gasteiger partial charge on any atom is 0.346 e. The number of aromatic nitrogens is 4. The lowest BCUT2D eigenvalue weighted by molar-refractivity contribution is 0.0950. The molecule has 176 valence electrons. The van der Waals surface area contributed by atoms with Crippen LogP contribution in [0.1, 0.15) is 31.1 Å². The lowest BCUT2D eigenvalue weighted by Crippen LogP contribution is -2.31. The Morgan fingerprint density at radius 2 is 1.70 bits per heavy atom. The average molecular weight is 456 g/mol. The Labute approximate surface area is 192 Å². The van der Waals surface area contributed by atoms with Crippen molar-refractivity contribution in [2.75, 3.05) is 26.4 Å². The van der Waals surface area contributed by atoms with Crippen molar-refractivity contribution in [1.29, 1.82) is 0 Å². The maximum absolute atomic E-state index is 12.8. The second-order valence-electron chi connectivity index (χ2n) is 6.96. The predicted octanol–water partition coefficient (Wildman–Crippen LogP) is 2.27. The van der Waals surface area contributed by atoms with Crippen LogP contribution in [0.2, 0.25) is 0 Å². The molecule has 33 heavy (non-hydrogen) atoms. The molecule has 0 aliphatic heterocycles. The van der Waals surface area contributed by atoms with Crippen LogP contribution < -0.4 is 25.2 Å². The molecule has 0 fully saturated rings. The third-order valence-electron chi connectivity index (χ3n) is 4.72. The molecule has 0 bridgehead atoms. The first-order valence-electron chi connectivity index (χ1n) is 10.9. The summed E-state index contributed by atoms with van der Waals surface area (Å²) in [5.41, 5.74) is 0.678. The largest absolute Gasteiger partial charge is 0.490 e. The first kappa shape index (κ1) is 23.8. The van der Waals surface area contributed by atoms with E-state index in [-0.39, 0.29) is 24.7 Å². The van der Waals surface area contributed by atoms with Crippen molar-refractivity contribution in [3.8, 4) is 28.8 Å². The molecule has 1 aromatic carbocycles. The smallest absolute Gasteiger partial charge is 0.346 e. The van der Waals surface area contributed by atoms with E-state index in [0.29, 0.717) is 54.2 Å². The zero-order chi connectivity index (χ0) is 23.8. The Kier molecular flexibility index (Phi) is 8.06. The van der Waals surface area contributed by atoms with Crippen LogP contribution in [0.3, 0.4) is 0 Å². The fraction of sp³-hybridized carbons (Fsp3) is 0.391. The van der Waals surface area contributed by atoms with Crippen LogP contribution in [0, 0.1) is 0 Å². The molecule has 3 rings (SSSR count). The highest BCUT2D eigenvalue weighted by molar-refractivity contribution is 5.95. The van der Waals surface area contributed by atoms with Crippen LogP contribution in [-0.4, -0.2) is 51.6 Å². The molecular formula is C23H29N5O5. The van der Waals surface area contributed by atoms with Crippen molar-refractivity contribution in [1.82, 2.24) is 24.6 Å². The number of carbonyl (C=O) groups is 1. The van der Waals surface area contributed by atoms with Gasteiger partial charge in [-0.25, -0.2) is 9.48 Å². The van der Waals surface area contributed by atoms with Gasteiger partial charge in [0.15, 0.2) is 17.3 Å². The summed E-state index contributed by atoms with van der Waals surface area (Å²) >= 11 is 0. The molecule has 0 saturated carbocycles. The predicted molar refractivity (Wildman–Crippen MR) is 123 cm³/mol. The number of hydrogen-bond acceptors (Lipinski definition) is 7. The summed E-state index contributed by atoms with van der Waals surface area (Å²) in [5, 5.41) is 7.17. The lowest BCUT2D eigenvalue weighted by Gasteiger charge is -2.17. The van der Waals surface area contributed by atoms with Crippen LogP contribution in [0.15, 0.2) is 41.3 Å². The summed E-state index contributed by atoms with van der Waals surface area (Å²) in [4.78, 5) is 29.6. The summed E-state index contributed by atoms with van der Waals surface area (Å²) < 4.78 is 19.7. The van der Waals surface area contributed by atoms with Gasteiger partial charge in [0.05, 0.1) is 26.4 Å². The van der Waals surface area contributed by atoms with Crippen LogP contribution in [-0.2, 0) is 13.6 Å². The van der Waals surface area contributed by atoms with E-state index in [1.807, 2.05) is 26.8 Å². The van der Waals surface area contributed by atoms with Gasteiger partial charge >= 0.3 is 5.69 Å². The standard InChI is InChI=1S/C23H29N5O5/c1-5-31-18-14-16(15-19(32-6-2)20(18)33-7-3)22(29)25-12-13-28-23(30)27(4)21(26-28)17-10-8-9-11-24-17/h8-11,14-15H,5-7,12-13H2,1-4H3,(H,25,29). The topological polar surface area (TPSA) is 110 Å². The van der Waals surface area contributed by atoms with Crippen LogP contribution in [0.25, 0.3) is 11.5 Å². The van der Waals surface area contributed by atoms with E-state index < -0.39 is 0 Å². The van der Waals surface area contributed by atoms with Gasteiger partial charge in [0, 0.05) is 25.4 Å². The summed E-state index contributed by atoms with van der Waals surface area (Å²) in [7, 11) is 1.64. The van der Waals surface area contributed by atoms with E-state index >= 15 is 0 Å². The normalized spacial score (nSPS) is 10.7. The molecule has 2 heterocycles. The second-order valence-corrected chi connectivity index (χ2v) is 6.96. The van der Waals surface area contributed by atoms with Gasteiger partial charge in [-0.1, -0.05) is 6.07 Å². The quantitative estimate of drug-likeness (QED) is 0.472. The van der Waals surface area contributed by atoms with Gasteiger partial charge in [-0.3, -0.25) is 14.3 Å². The number of benzene rings is 1. The SMILES string of the molecule is CCOc1cc(C(=O)NCCn2nc(-c3ccccn3)n(C)c2=O)cc(OCC)c1OCC. The van der Waals surface area contributed by atoms with Gasteiger partial charge < -0.3 is 19.5 Å². The molecule has 10 heteroatoms. The lowest BCUT2D eigenvalue weighted by atomic mass is 10.1. The van der Waals surface area contributed by atoms with Gasteiger partial charge in [-0.05, 0) is 45.0 Å². The Bertz CT molecular complexity index is 1110. The number of ether oxygens (including phenoxy) is 3. The van der Waals surface area contributed by atoms with Crippen LogP contribution in [0.4, 0.5) is 0 Å². The van der Waals surface area contributed by atoms with Gasteiger partial charge in [0.1, 0.15) is 5.69 Å². The molecule has 0 atom stereocenters. The first-order chi connectivity index (χ1) is 16.0. The van der Waals surface area contributed by atoms with E-state index in [9.17, 15) is 9.59 Å². The number of pyridine rings is 1. The summed E-state index contributed by atoms with van der Waals surface area (Å²) in [6, 6.07) is 8.65. The molecule has 1 amide bonds. The van der Waals surface area contributed by atoms with Crippen LogP contribution >= 0.6 is 0 Å². The minimum atomic E-state index is -0.325. The number of nitrogens with zero attached hydrogens (tertiary/aromatic N) is 4. The molecule has 0 unspecified atom stereocenters. The maximum atomic E-state index is 12.8. The van der Waals surface area contributed by atoms with Crippen molar-refractivity contribution in [2.45, 2.75) is 27.3 Å². The monoisotopic (exact) mass is 455 g/mol. The Balaban J connectivity index is 1.74. The third kappa shape index (κ3) is 5.51.